The van der Waals surface area contributed by atoms with Crippen molar-refractivity contribution in [2.24, 2.45) is 5.92 Å². The first-order chi connectivity index (χ1) is 15.0. The lowest BCUT2D eigenvalue weighted by molar-refractivity contribution is -0.155. The van der Waals surface area contributed by atoms with E-state index in [4.69, 9.17) is 41.8 Å². The molecule has 3 aromatic rings. The lowest BCUT2D eigenvalue weighted by atomic mass is 9.82. The van der Waals surface area contributed by atoms with Gasteiger partial charge in [0.2, 0.25) is 0 Å². The molecule has 0 unspecified atom stereocenters. The normalized spacial score (nSPS) is 17.9. The number of halogens is 2. The van der Waals surface area contributed by atoms with Gasteiger partial charge in [-0.15, -0.1) is 0 Å². The van der Waals surface area contributed by atoms with E-state index in [1.807, 2.05) is 0 Å². The van der Waals surface area contributed by atoms with Crippen LogP contribution in [0.15, 0.2) is 51.7 Å². The highest BCUT2D eigenvalue weighted by Gasteiger charge is 2.35. The van der Waals surface area contributed by atoms with E-state index in [9.17, 15) is 9.59 Å². The monoisotopic (exact) mass is 462 g/mol. The van der Waals surface area contributed by atoms with Crippen molar-refractivity contribution in [3.8, 4) is 17.1 Å². The minimum atomic E-state index is -0.201. The Balaban J connectivity index is 1.46. The molecule has 1 fully saturated rings. The fourth-order valence-electron chi connectivity index (χ4n) is 3.52. The summed E-state index contributed by atoms with van der Waals surface area (Å²) < 4.78 is 22.3. The first-order valence-electron chi connectivity index (χ1n) is 9.81. The van der Waals surface area contributed by atoms with Crippen molar-refractivity contribution >= 4 is 40.1 Å². The summed E-state index contributed by atoms with van der Waals surface area (Å²) >= 11 is 12.4. The number of hydrogen-bond acceptors (Lipinski definition) is 6. The van der Waals surface area contributed by atoms with Crippen LogP contribution in [0.2, 0.25) is 10.0 Å². The van der Waals surface area contributed by atoms with Gasteiger partial charge < -0.3 is 18.6 Å². The maximum Gasteiger partial charge on any atom is 0.308 e. The quantitative estimate of drug-likeness (QED) is 0.358. The van der Waals surface area contributed by atoms with Gasteiger partial charge in [0.15, 0.2) is 11.0 Å². The second-order valence-electron chi connectivity index (χ2n) is 7.26. The third-order valence-electron chi connectivity index (χ3n) is 5.24. The van der Waals surface area contributed by atoms with Gasteiger partial charge in [-0.25, -0.2) is 0 Å². The van der Waals surface area contributed by atoms with E-state index < -0.39 is 0 Å². The van der Waals surface area contributed by atoms with E-state index >= 15 is 0 Å². The van der Waals surface area contributed by atoms with Crippen LogP contribution in [0.3, 0.4) is 0 Å². The molecule has 31 heavy (non-hydrogen) atoms. The lowest BCUT2D eigenvalue weighted by Gasteiger charge is -2.32. The summed E-state index contributed by atoms with van der Waals surface area (Å²) in [6.45, 7) is 0.614. The molecule has 4 rings (SSSR count). The summed E-state index contributed by atoms with van der Waals surface area (Å²) in [5, 5.41) is 1.25. The van der Waals surface area contributed by atoms with E-state index in [-0.39, 0.29) is 30.0 Å². The highest BCUT2D eigenvalue weighted by Crippen LogP contribution is 2.35. The van der Waals surface area contributed by atoms with Crippen molar-refractivity contribution in [1.82, 2.24) is 0 Å². The Morgan fingerprint density at radius 2 is 1.94 bits per heavy atom. The third-order valence-corrected chi connectivity index (χ3v) is 5.77. The summed E-state index contributed by atoms with van der Waals surface area (Å²) in [7, 11) is 1.39. The number of carbonyl (C=O) groups is 1. The standard InChI is InChI=1S/C23H20Cl2O6/c1-28-23(27)13-9-15(10-13)29-7-8-30-20-11-14(24)5-6-17(20)21-12-19(26)16-3-2-4-18(25)22(16)31-21/h2-6,11-13,15H,7-10H2,1H3. The van der Waals surface area contributed by atoms with Gasteiger partial charge in [-0.3, -0.25) is 9.59 Å². The smallest absolute Gasteiger partial charge is 0.308 e. The minimum absolute atomic E-state index is 0.0205. The molecular weight excluding hydrogens is 443 g/mol. The van der Waals surface area contributed by atoms with E-state index in [1.54, 1.807) is 36.4 Å². The number of rotatable bonds is 7. The Bertz CT molecular complexity index is 1170. The summed E-state index contributed by atoms with van der Waals surface area (Å²) in [6, 6.07) is 11.5. The molecule has 0 spiro atoms. The van der Waals surface area contributed by atoms with Crippen LogP contribution in [0, 0.1) is 5.92 Å². The fraction of sp³-hybridized carbons (Fsp3) is 0.304. The molecule has 1 heterocycles. The summed E-state index contributed by atoms with van der Waals surface area (Å²) in [6.07, 6.45) is 1.32. The lowest BCUT2D eigenvalue weighted by Crippen LogP contribution is -2.37. The van der Waals surface area contributed by atoms with Gasteiger partial charge in [0, 0.05) is 11.1 Å². The SMILES string of the molecule is COC(=O)C1CC(OCCOc2cc(Cl)ccc2-c2cc(=O)c3cccc(Cl)c3o2)C1. The van der Waals surface area contributed by atoms with Gasteiger partial charge in [0.25, 0.3) is 0 Å². The minimum Gasteiger partial charge on any atom is -0.490 e. The first kappa shape index (κ1) is 21.7. The Morgan fingerprint density at radius 3 is 2.71 bits per heavy atom. The Hall–Kier alpha value is -2.54. The molecule has 2 aromatic carbocycles. The highest BCUT2D eigenvalue weighted by atomic mass is 35.5. The van der Waals surface area contributed by atoms with Crippen LogP contribution in [0.1, 0.15) is 12.8 Å². The number of ether oxygens (including phenoxy) is 3. The number of para-hydroxylation sites is 1. The molecule has 0 radical (unpaired) electrons. The van der Waals surface area contributed by atoms with E-state index in [0.29, 0.717) is 57.5 Å². The maximum atomic E-state index is 12.5. The summed E-state index contributed by atoms with van der Waals surface area (Å²) in [5.74, 6) is 0.513. The molecule has 0 amide bonds. The zero-order valence-corrected chi connectivity index (χ0v) is 18.2. The molecule has 1 saturated carbocycles. The summed E-state index contributed by atoms with van der Waals surface area (Å²) in [5.41, 5.74) is 0.701. The van der Waals surface area contributed by atoms with Gasteiger partial charge in [-0.1, -0.05) is 29.3 Å². The Labute approximate surface area is 188 Å². The van der Waals surface area contributed by atoms with Crippen molar-refractivity contribution in [2.45, 2.75) is 18.9 Å². The second kappa shape index (κ2) is 9.30. The average molecular weight is 463 g/mol. The van der Waals surface area contributed by atoms with E-state index in [2.05, 4.69) is 0 Å². The highest BCUT2D eigenvalue weighted by molar-refractivity contribution is 6.34. The number of hydrogen-bond donors (Lipinski definition) is 0. The first-order valence-corrected chi connectivity index (χ1v) is 10.6. The predicted octanol–water partition coefficient (Wildman–Crippen LogP) is 5.11. The largest absolute Gasteiger partial charge is 0.490 e. The molecule has 0 bridgehead atoms. The van der Waals surface area contributed by atoms with Gasteiger partial charge in [-0.05, 0) is 43.2 Å². The van der Waals surface area contributed by atoms with E-state index in [1.165, 1.54) is 13.2 Å². The van der Waals surface area contributed by atoms with Gasteiger partial charge in [0.1, 0.15) is 18.1 Å². The van der Waals surface area contributed by atoms with E-state index in [0.717, 1.165) is 0 Å². The van der Waals surface area contributed by atoms with Crippen molar-refractivity contribution < 1.29 is 23.4 Å². The third kappa shape index (κ3) is 4.71. The molecule has 0 aliphatic heterocycles. The molecule has 1 aliphatic carbocycles. The molecule has 6 nitrogen and oxygen atoms in total. The molecule has 8 heteroatoms. The van der Waals surface area contributed by atoms with Crippen LogP contribution >= 0.6 is 23.2 Å². The van der Waals surface area contributed by atoms with Crippen molar-refractivity contribution in [3.05, 3.63) is 62.7 Å². The molecule has 0 N–H and O–H groups in total. The maximum absolute atomic E-state index is 12.5. The number of esters is 1. The average Bonchev–Trinajstić information content (AvgIpc) is 2.72. The molecule has 162 valence electrons. The molecule has 1 aliphatic rings. The number of fused-ring (bicyclic) bond motifs is 1. The fourth-order valence-corrected chi connectivity index (χ4v) is 3.90. The van der Waals surface area contributed by atoms with Crippen molar-refractivity contribution in [1.29, 1.82) is 0 Å². The zero-order chi connectivity index (χ0) is 22.0. The molecule has 0 saturated heterocycles. The Morgan fingerprint density at radius 1 is 1.13 bits per heavy atom. The van der Waals surface area contributed by atoms with Crippen LogP contribution < -0.4 is 10.2 Å². The van der Waals surface area contributed by atoms with Gasteiger partial charge in [-0.2, -0.15) is 0 Å². The number of benzene rings is 2. The van der Waals surface area contributed by atoms with Gasteiger partial charge in [0.05, 0.1) is 41.7 Å². The second-order valence-corrected chi connectivity index (χ2v) is 8.11. The van der Waals surface area contributed by atoms with Crippen molar-refractivity contribution in [3.63, 3.8) is 0 Å². The molecule has 0 atom stereocenters. The van der Waals surface area contributed by atoms with Crippen molar-refractivity contribution in [2.75, 3.05) is 20.3 Å². The van der Waals surface area contributed by atoms with Crippen LogP contribution in [-0.2, 0) is 14.3 Å². The number of carbonyl (C=O) groups excluding carboxylic acids is 1. The van der Waals surface area contributed by atoms with Crippen LogP contribution in [0.4, 0.5) is 0 Å². The predicted molar refractivity (Wildman–Crippen MR) is 118 cm³/mol. The zero-order valence-electron chi connectivity index (χ0n) is 16.7. The molecular formula is C23H20Cl2O6. The van der Waals surface area contributed by atoms with Crippen LogP contribution in [0.25, 0.3) is 22.3 Å². The van der Waals surface area contributed by atoms with Crippen LogP contribution in [-0.4, -0.2) is 32.4 Å². The van der Waals surface area contributed by atoms with Gasteiger partial charge >= 0.3 is 5.97 Å². The van der Waals surface area contributed by atoms with Crippen LogP contribution in [0.5, 0.6) is 5.75 Å². The Kier molecular flexibility index (Phi) is 6.51. The molecule has 1 aromatic heterocycles. The summed E-state index contributed by atoms with van der Waals surface area (Å²) in [4.78, 5) is 24.0. The topological polar surface area (TPSA) is 75.0 Å². The number of methoxy groups -OCH3 is 1.